The quantitative estimate of drug-likeness (QED) is 0.841. The molecule has 0 saturated heterocycles. The lowest BCUT2D eigenvalue weighted by Gasteiger charge is -2.57. The van der Waals surface area contributed by atoms with E-state index in [2.05, 4.69) is 17.1 Å². The highest BCUT2D eigenvalue weighted by Gasteiger charge is 2.53. The van der Waals surface area contributed by atoms with Crippen molar-refractivity contribution in [1.29, 1.82) is 0 Å². The van der Waals surface area contributed by atoms with Gasteiger partial charge in [0, 0.05) is 16.7 Å². The SMILES string of the molecule is CCc1[nH]nc(N)c1C12CC3CC(CC(C3)C1)C2. The van der Waals surface area contributed by atoms with E-state index in [-0.39, 0.29) is 0 Å². The summed E-state index contributed by atoms with van der Waals surface area (Å²) < 4.78 is 0. The molecule has 0 unspecified atom stereocenters. The highest BCUT2D eigenvalue weighted by Crippen LogP contribution is 2.61. The van der Waals surface area contributed by atoms with Crippen molar-refractivity contribution in [3.8, 4) is 0 Å². The first-order chi connectivity index (χ1) is 8.70. The molecule has 0 aromatic carbocycles. The van der Waals surface area contributed by atoms with E-state index in [9.17, 15) is 0 Å². The van der Waals surface area contributed by atoms with E-state index < -0.39 is 0 Å². The van der Waals surface area contributed by atoms with Gasteiger partial charge in [0.25, 0.3) is 0 Å². The third-order valence-corrected chi connectivity index (χ3v) is 5.79. The minimum Gasteiger partial charge on any atom is -0.382 e. The summed E-state index contributed by atoms with van der Waals surface area (Å²) in [6, 6.07) is 0. The zero-order chi connectivity index (χ0) is 12.3. The summed E-state index contributed by atoms with van der Waals surface area (Å²) >= 11 is 0. The van der Waals surface area contributed by atoms with Crippen molar-refractivity contribution in [3.05, 3.63) is 11.3 Å². The third-order valence-electron chi connectivity index (χ3n) is 5.79. The van der Waals surface area contributed by atoms with Gasteiger partial charge in [-0.2, -0.15) is 5.10 Å². The number of nitrogens with two attached hydrogens (primary N) is 1. The van der Waals surface area contributed by atoms with Gasteiger partial charge in [-0.1, -0.05) is 6.92 Å². The molecule has 3 heteroatoms. The van der Waals surface area contributed by atoms with Crippen LogP contribution in [0.15, 0.2) is 0 Å². The Bertz CT molecular complexity index is 439. The van der Waals surface area contributed by atoms with Gasteiger partial charge >= 0.3 is 0 Å². The smallest absolute Gasteiger partial charge is 0.149 e. The summed E-state index contributed by atoms with van der Waals surface area (Å²) in [6.45, 7) is 2.21. The van der Waals surface area contributed by atoms with Gasteiger partial charge in [0.2, 0.25) is 0 Å². The van der Waals surface area contributed by atoms with Crippen LogP contribution in [0, 0.1) is 17.8 Å². The Morgan fingerprint density at radius 2 is 1.72 bits per heavy atom. The molecule has 5 rings (SSSR count). The number of hydrogen-bond donors (Lipinski definition) is 2. The van der Waals surface area contributed by atoms with E-state index in [0.717, 1.165) is 30.0 Å². The van der Waals surface area contributed by atoms with Gasteiger partial charge in [-0.25, -0.2) is 0 Å². The lowest BCUT2D eigenvalue weighted by Crippen LogP contribution is -2.49. The van der Waals surface area contributed by atoms with Gasteiger partial charge < -0.3 is 5.73 Å². The Balaban J connectivity index is 1.81. The summed E-state index contributed by atoms with van der Waals surface area (Å²) in [5.41, 5.74) is 9.29. The highest BCUT2D eigenvalue weighted by atomic mass is 15.2. The van der Waals surface area contributed by atoms with Crippen LogP contribution in [0.4, 0.5) is 5.82 Å². The van der Waals surface area contributed by atoms with E-state index in [0.29, 0.717) is 5.41 Å². The van der Waals surface area contributed by atoms with Crippen LogP contribution in [0.5, 0.6) is 0 Å². The zero-order valence-corrected chi connectivity index (χ0v) is 11.2. The minimum atomic E-state index is 0.386. The van der Waals surface area contributed by atoms with Crippen molar-refractivity contribution < 1.29 is 0 Å². The number of anilines is 1. The topological polar surface area (TPSA) is 54.7 Å². The number of nitrogen functional groups attached to an aromatic ring is 1. The normalized spacial score (nSPS) is 41.5. The summed E-state index contributed by atoms with van der Waals surface area (Å²) in [5, 5.41) is 7.47. The fourth-order valence-electron chi connectivity index (χ4n) is 5.66. The van der Waals surface area contributed by atoms with Crippen LogP contribution in [0.1, 0.15) is 56.7 Å². The van der Waals surface area contributed by atoms with Crippen LogP contribution >= 0.6 is 0 Å². The Morgan fingerprint density at radius 1 is 1.17 bits per heavy atom. The average molecular weight is 245 g/mol. The minimum absolute atomic E-state index is 0.386. The van der Waals surface area contributed by atoms with E-state index in [1.807, 2.05) is 0 Å². The molecule has 0 atom stereocenters. The Labute approximate surface area is 109 Å². The number of aromatic nitrogens is 2. The lowest BCUT2D eigenvalue weighted by atomic mass is 9.48. The molecule has 98 valence electrons. The maximum Gasteiger partial charge on any atom is 0.149 e. The second-order valence-corrected chi connectivity index (χ2v) is 7.01. The van der Waals surface area contributed by atoms with Gasteiger partial charge in [0.05, 0.1) is 0 Å². The number of nitrogens with zero attached hydrogens (tertiary/aromatic N) is 1. The van der Waals surface area contributed by atoms with Gasteiger partial charge in [0.1, 0.15) is 5.82 Å². The molecule has 4 aliphatic carbocycles. The molecule has 3 N–H and O–H groups in total. The fraction of sp³-hybridized carbons (Fsp3) is 0.800. The van der Waals surface area contributed by atoms with Gasteiger partial charge in [0.15, 0.2) is 0 Å². The molecule has 3 nitrogen and oxygen atoms in total. The number of H-pyrrole nitrogens is 1. The second kappa shape index (κ2) is 3.52. The molecule has 1 heterocycles. The molecule has 18 heavy (non-hydrogen) atoms. The Morgan fingerprint density at radius 3 is 2.22 bits per heavy atom. The first kappa shape index (κ1) is 10.9. The monoisotopic (exact) mass is 245 g/mol. The maximum absolute atomic E-state index is 6.20. The summed E-state index contributed by atoms with van der Waals surface area (Å²) in [5.74, 6) is 3.69. The summed E-state index contributed by atoms with van der Waals surface area (Å²) in [4.78, 5) is 0. The molecular formula is C15H23N3. The van der Waals surface area contributed by atoms with Crippen molar-refractivity contribution in [2.75, 3.05) is 5.73 Å². The molecule has 4 bridgehead atoms. The molecule has 0 amide bonds. The third kappa shape index (κ3) is 1.33. The molecule has 0 aliphatic heterocycles. The number of nitrogens with one attached hydrogen (secondary N) is 1. The summed E-state index contributed by atoms with van der Waals surface area (Å²) in [6.07, 6.45) is 9.60. The predicted octanol–water partition coefficient (Wildman–Crippen LogP) is 3.02. The number of aromatic amines is 1. The van der Waals surface area contributed by atoms with E-state index in [1.165, 1.54) is 49.8 Å². The number of hydrogen-bond acceptors (Lipinski definition) is 2. The average Bonchev–Trinajstić information content (AvgIpc) is 2.69. The van der Waals surface area contributed by atoms with E-state index in [1.54, 1.807) is 0 Å². The number of aryl methyl sites for hydroxylation is 1. The zero-order valence-electron chi connectivity index (χ0n) is 11.2. The van der Waals surface area contributed by atoms with Gasteiger partial charge in [-0.3, -0.25) is 5.10 Å². The Kier molecular flexibility index (Phi) is 2.13. The van der Waals surface area contributed by atoms with Crippen LogP contribution in [0.25, 0.3) is 0 Å². The molecule has 1 aromatic heterocycles. The first-order valence-corrected chi connectivity index (χ1v) is 7.53. The molecule has 4 saturated carbocycles. The van der Waals surface area contributed by atoms with Gasteiger partial charge in [-0.15, -0.1) is 0 Å². The molecule has 0 radical (unpaired) electrons. The largest absolute Gasteiger partial charge is 0.382 e. The van der Waals surface area contributed by atoms with Crippen molar-refractivity contribution >= 4 is 5.82 Å². The highest BCUT2D eigenvalue weighted by molar-refractivity contribution is 5.49. The second-order valence-electron chi connectivity index (χ2n) is 7.01. The van der Waals surface area contributed by atoms with Gasteiger partial charge in [-0.05, 0) is 62.7 Å². The predicted molar refractivity (Wildman–Crippen MR) is 72.2 cm³/mol. The molecule has 1 aromatic rings. The number of rotatable bonds is 2. The molecular weight excluding hydrogens is 222 g/mol. The van der Waals surface area contributed by atoms with Crippen LogP contribution < -0.4 is 5.73 Å². The van der Waals surface area contributed by atoms with E-state index in [4.69, 9.17) is 5.73 Å². The van der Waals surface area contributed by atoms with Crippen molar-refractivity contribution in [3.63, 3.8) is 0 Å². The Hall–Kier alpha value is -0.990. The molecule has 4 aliphatic rings. The van der Waals surface area contributed by atoms with Crippen LogP contribution in [0.2, 0.25) is 0 Å². The standard InChI is InChI=1S/C15H23N3/c1-2-12-13(14(16)18-17-12)15-6-9-3-10(7-15)5-11(4-9)8-15/h9-11H,2-8H2,1H3,(H3,16,17,18). The van der Waals surface area contributed by atoms with E-state index >= 15 is 0 Å². The fourth-order valence-corrected chi connectivity index (χ4v) is 5.66. The van der Waals surface area contributed by atoms with Crippen LogP contribution in [-0.4, -0.2) is 10.2 Å². The maximum atomic E-state index is 6.20. The van der Waals surface area contributed by atoms with Crippen LogP contribution in [-0.2, 0) is 11.8 Å². The molecule has 4 fully saturated rings. The lowest BCUT2D eigenvalue weighted by molar-refractivity contribution is -0.00519. The first-order valence-electron chi connectivity index (χ1n) is 7.53. The molecule has 0 spiro atoms. The van der Waals surface area contributed by atoms with Crippen molar-refractivity contribution in [1.82, 2.24) is 10.2 Å². The van der Waals surface area contributed by atoms with Crippen molar-refractivity contribution in [2.24, 2.45) is 17.8 Å². The van der Waals surface area contributed by atoms with Crippen molar-refractivity contribution in [2.45, 2.75) is 57.3 Å². The van der Waals surface area contributed by atoms with Crippen LogP contribution in [0.3, 0.4) is 0 Å². The summed E-state index contributed by atoms with van der Waals surface area (Å²) in [7, 11) is 0.